The van der Waals surface area contributed by atoms with Gasteiger partial charge in [-0.1, -0.05) is 11.3 Å². The minimum atomic E-state index is 0.364. The molecule has 0 atom stereocenters. The fourth-order valence-corrected chi connectivity index (χ4v) is 2.04. The van der Waals surface area contributed by atoms with Crippen LogP contribution in [0.4, 0.5) is 5.13 Å². The second-order valence-electron chi connectivity index (χ2n) is 3.27. The maximum atomic E-state index is 10.8. The summed E-state index contributed by atoms with van der Waals surface area (Å²) in [4.78, 5) is 17.8. The molecule has 0 aliphatic carbocycles. The predicted octanol–water partition coefficient (Wildman–Crippen LogP) is 1.18. The molecule has 1 aromatic heterocycles. The number of rotatable bonds is 7. The summed E-state index contributed by atoms with van der Waals surface area (Å²) in [5.41, 5.74) is 0.696. The maximum Gasteiger partial charge on any atom is 0.186 e. The third-order valence-corrected chi connectivity index (χ3v) is 3.20. The fraction of sp³-hybridized carbons (Fsp3) is 0.600. The zero-order valence-electron chi connectivity index (χ0n) is 9.73. The molecule has 90 valence electrons. The number of aldehydes is 1. The molecule has 0 fully saturated rings. The van der Waals surface area contributed by atoms with Crippen LogP contribution in [0.1, 0.15) is 15.4 Å². The second-order valence-corrected chi connectivity index (χ2v) is 4.28. The van der Waals surface area contributed by atoms with E-state index in [0.29, 0.717) is 23.8 Å². The SMILES string of the molecule is COCCN(C)c1nc(COC)c(C=O)s1. The number of hydrogen-bond donors (Lipinski definition) is 0. The number of likely N-dealkylation sites (N-methyl/N-ethyl adjacent to an activating group) is 1. The van der Waals surface area contributed by atoms with Crippen molar-refractivity contribution >= 4 is 22.8 Å². The lowest BCUT2D eigenvalue weighted by molar-refractivity contribution is 0.112. The van der Waals surface area contributed by atoms with Gasteiger partial charge in [0.25, 0.3) is 0 Å². The number of methoxy groups -OCH3 is 2. The summed E-state index contributed by atoms with van der Waals surface area (Å²) in [6.45, 7) is 1.74. The Morgan fingerprint density at radius 1 is 1.44 bits per heavy atom. The second kappa shape index (κ2) is 6.57. The number of nitrogens with zero attached hydrogens (tertiary/aromatic N) is 2. The van der Waals surface area contributed by atoms with Crippen molar-refractivity contribution in [1.29, 1.82) is 0 Å². The molecular formula is C10H16N2O3S. The van der Waals surface area contributed by atoms with Gasteiger partial charge in [-0.05, 0) is 0 Å². The average Bonchev–Trinajstić information content (AvgIpc) is 2.69. The first-order valence-electron chi connectivity index (χ1n) is 4.86. The molecule has 0 saturated carbocycles. The Morgan fingerprint density at radius 2 is 2.19 bits per heavy atom. The van der Waals surface area contributed by atoms with Crippen LogP contribution in [0.15, 0.2) is 0 Å². The van der Waals surface area contributed by atoms with E-state index in [1.807, 2.05) is 11.9 Å². The lowest BCUT2D eigenvalue weighted by Gasteiger charge is -2.14. The van der Waals surface area contributed by atoms with Gasteiger partial charge in [0, 0.05) is 27.8 Å². The standard InChI is InChI=1S/C10H16N2O3S/c1-12(4-5-14-2)10-11-8(7-15-3)9(6-13)16-10/h6H,4-5,7H2,1-3H3. The van der Waals surface area contributed by atoms with Crippen molar-refractivity contribution in [2.75, 3.05) is 39.3 Å². The Kier molecular flexibility index (Phi) is 5.37. The fourth-order valence-electron chi connectivity index (χ4n) is 1.17. The molecule has 0 unspecified atom stereocenters. The highest BCUT2D eigenvalue weighted by atomic mass is 32.1. The summed E-state index contributed by atoms with van der Waals surface area (Å²) in [5, 5.41) is 0.811. The molecule has 1 heterocycles. The molecule has 0 N–H and O–H groups in total. The van der Waals surface area contributed by atoms with E-state index in [4.69, 9.17) is 9.47 Å². The highest BCUT2D eigenvalue weighted by Crippen LogP contribution is 2.24. The zero-order valence-corrected chi connectivity index (χ0v) is 10.5. The Hall–Kier alpha value is -0.980. The highest BCUT2D eigenvalue weighted by molar-refractivity contribution is 7.17. The van der Waals surface area contributed by atoms with Gasteiger partial charge in [0.15, 0.2) is 11.4 Å². The van der Waals surface area contributed by atoms with Crippen LogP contribution in [0.25, 0.3) is 0 Å². The molecule has 0 aliphatic heterocycles. The lowest BCUT2D eigenvalue weighted by atomic mass is 10.4. The molecule has 0 aromatic carbocycles. The van der Waals surface area contributed by atoms with Crippen molar-refractivity contribution in [3.05, 3.63) is 10.6 Å². The van der Waals surface area contributed by atoms with Crippen LogP contribution in [-0.2, 0) is 16.1 Å². The molecule has 0 aliphatic rings. The molecule has 16 heavy (non-hydrogen) atoms. The summed E-state index contributed by atoms with van der Waals surface area (Å²) in [6, 6.07) is 0. The lowest BCUT2D eigenvalue weighted by Crippen LogP contribution is -2.21. The maximum absolute atomic E-state index is 10.8. The summed E-state index contributed by atoms with van der Waals surface area (Å²) in [5.74, 6) is 0. The first kappa shape index (κ1) is 13.1. The van der Waals surface area contributed by atoms with Crippen LogP contribution < -0.4 is 4.90 Å². The Balaban J connectivity index is 2.76. The zero-order chi connectivity index (χ0) is 12.0. The molecule has 6 heteroatoms. The summed E-state index contributed by atoms with van der Waals surface area (Å²) in [6.07, 6.45) is 0.819. The Morgan fingerprint density at radius 3 is 2.75 bits per heavy atom. The molecule has 0 spiro atoms. The molecule has 0 bridgehead atoms. The van der Waals surface area contributed by atoms with Crippen LogP contribution in [0.5, 0.6) is 0 Å². The van der Waals surface area contributed by atoms with E-state index in [2.05, 4.69) is 4.98 Å². The van der Waals surface area contributed by atoms with Crippen molar-refractivity contribution in [3.8, 4) is 0 Å². The van der Waals surface area contributed by atoms with E-state index in [9.17, 15) is 4.79 Å². The van der Waals surface area contributed by atoms with E-state index in [1.54, 1.807) is 14.2 Å². The number of anilines is 1. The quantitative estimate of drug-likeness (QED) is 0.674. The van der Waals surface area contributed by atoms with E-state index in [-0.39, 0.29) is 0 Å². The van der Waals surface area contributed by atoms with Gasteiger partial charge in [-0.2, -0.15) is 0 Å². The van der Waals surface area contributed by atoms with Gasteiger partial charge < -0.3 is 14.4 Å². The minimum Gasteiger partial charge on any atom is -0.383 e. The molecule has 1 rings (SSSR count). The number of carbonyl (C=O) groups excluding carboxylic acids is 1. The van der Waals surface area contributed by atoms with Crippen LogP contribution in [0, 0.1) is 0 Å². The van der Waals surface area contributed by atoms with Crippen molar-refractivity contribution in [2.45, 2.75) is 6.61 Å². The Labute approximate surface area is 99.0 Å². The Bertz CT molecular complexity index is 341. The number of hydrogen-bond acceptors (Lipinski definition) is 6. The molecule has 1 aromatic rings. The smallest absolute Gasteiger partial charge is 0.186 e. The molecule has 0 amide bonds. The van der Waals surface area contributed by atoms with Crippen molar-refractivity contribution in [1.82, 2.24) is 4.98 Å². The molecular weight excluding hydrogens is 228 g/mol. The first-order chi connectivity index (χ1) is 7.72. The van der Waals surface area contributed by atoms with Gasteiger partial charge in [0.1, 0.15) is 0 Å². The van der Waals surface area contributed by atoms with Gasteiger partial charge >= 0.3 is 0 Å². The average molecular weight is 244 g/mol. The van der Waals surface area contributed by atoms with E-state index in [0.717, 1.165) is 18.0 Å². The van der Waals surface area contributed by atoms with Gasteiger partial charge in [0.2, 0.25) is 0 Å². The number of aromatic nitrogens is 1. The number of carbonyl (C=O) groups is 1. The van der Waals surface area contributed by atoms with Gasteiger partial charge in [-0.25, -0.2) is 4.98 Å². The van der Waals surface area contributed by atoms with Crippen LogP contribution in [-0.4, -0.2) is 45.7 Å². The van der Waals surface area contributed by atoms with Crippen molar-refractivity contribution < 1.29 is 14.3 Å². The van der Waals surface area contributed by atoms with E-state index >= 15 is 0 Å². The molecule has 0 radical (unpaired) electrons. The monoisotopic (exact) mass is 244 g/mol. The van der Waals surface area contributed by atoms with Crippen molar-refractivity contribution in [3.63, 3.8) is 0 Å². The van der Waals surface area contributed by atoms with Crippen LogP contribution in [0.2, 0.25) is 0 Å². The first-order valence-corrected chi connectivity index (χ1v) is 5.68. The summed E-state index contributed by atoms with van der Waals surface area (Å²) >= 11 is 1.37. The highest BCUT2D eigenvalue weighted by Gasteiger charge is 2.13. The third-order valence-electron chi connectivity index (χ3n) is 2.06. The predicted molar refractivity (Wildman–Crippen MR) is 63.4 cm³/mol. The van der Waals surface area contributed by atoms with Gasteiger partial charge in [-0.3, -0.25) is 4.79 Å². The number of ether oxygens (including phenoxy) is 2. The van der Waals surface area contributed by atoms with Crippen molar-refractivity contribution in [2.24, 2.45) is 0 Å². The third kappa shape index (κ3) is 3.26. The van der Waals surface area contributed by atoms with Gasteiger partial charge in [0.05, 0.1) is 23.8 Å². The van der Waals surface area contributed by atoms with Crippen LogP contribution in [0.3, 0.4) is 0 Å². The van der Waals surface area contributed by atoms with Gasteiger partial charge in [-0.15, -0.1) is 0 Å². The molecule has 5 nitrogen and oxygen atoms in total. The largest absolute Gasteiger partial charge is 0.383 e. The topological polar surface area (TPSA) is 51.7 Å². The van der Waals surface area contributed by atoms with E-state index < -0.39 is 0 Å². The summed E-state index contributed by atoms with van der Waals surface area (Å²) < 4.78 is 9.97. The minimum absolute atomic E-state index is 0.364. The normalized spacial score (nSPS) is 10.4. The summed E-state index contributed by atoms with van der Waals surface area (Å²) in [7, 11) is 5.16. The molecule has 0 saturated heterocycles. The van der Waals surface area contributed by atoms with E-state index in [1.165, 1.54) is 11.3 Å². The number of thiazole rings is 1. The van der Waals surface area contributed by atoms with Crippen LogP contribution >= 0.6 is 11.3 Å².